The molecule has 2 aromatic rings. The molecule has 0 aliphatic rings. The van der Waals surface area contributed by atoms with E-state index in [-0.39, 0.29) is 17.6 Å². The number of methoxy groups -OCH3 is 1. The molecule has 2 amide bonds. The smallest absolute Gasteiger partial charge is 0.328 e. The van der Waals surface area contributed by atoms with Gasteiger partial charge in [0, 0.05) is 5.56 Å². The first kappa shape index (κ1) is 24.9. The molecule has 2 rings (SSSR count). The van der Waals surface area contributed by atoms with E-state index in [9.17, 15) is 19.5 Å². The lowest BCUT2D eigenvalue weighted by molar-refractivity contribution is -0.145. The lowest BCUT2D eigenvalue weighted by Gasteiger charge is -2.23. The second-order valence-electron chi connectivity index (χ2n) is 8.15. The number of phenols is 1. The molecule has 0 saturated heterocycles. The van der Waals surface area contributed by atoms with Crippen molar-refractivity contribution < 1.29 is 24.2 Å². The quantitative estimate of drug-likeness (QED) is 0.489. The predicted molar refractivity (Wildman–Crippen MR) is 123 cm³/mol. The summed E-state index contributed by atoms with van der Waals surface area (Å²) >= 11 is 0. The van der Waals surface area contributed by atoms with Crippen molar-refractivity contribution in [2.24, 2.45) is 5.92 Å². The third-order valence-corrected chi connectivity index (χ3v) is 5.06. The Labute approximate surface area is 189 Å². The molecule has 0 saturated carbocycles. The van der Waals surface area contributed by atoms with Gasteiger partial charge in [-0.05, 0) is 54.2 Å². The maximum atomic E-state index is 12.9. The lowest BCUT2D eigenvalue weighted by Crippen LogP contribution is -2.52. The van der Waals surface area contributed by atoms with Crippen LogP contribution in [-0.2, 0) is 14.3 Å². The summed E-state index contributed by atoms with van der Waals surface area (Å²) < 4.78 is 4.78. The summed E-state index contributed by atoms with van der Waals surface area (Å²) in [5.74, 6) is -0.928. The van der Waals surface area contributed by atoms with Crippen LogP contribution in [0.25, 0.3) is 11.1 Å². The Morgan fingerprint density at radius 1 is 0.906 bits per heavy atom. The molecule has 32 heavy (non-hydrogen) atoms. The zero-order chi connectivity index (χ0) is 23.7. The van der Waals surface area contributed by atoms with E-state index in [4.69, 9.17) is 4.74 Å². The second-order valence-corrected chi connectivity index (χ2v) is 8.15. The molecular weight excluding hydrogens is 408 g/mol. The van der Waals surface area contributed by atoms with Crippen LogP contribution < -0.4 is 10.6 Å². The van der Waals surface area contributed by atoms with E-state index in [0.717, 1.165) is 11.1 Å². The number of carbonyl (C=O) groups excluding carboxylic acids is 3. The number of rotatable bonds is 10. The summed E-state index contributed by atoms with van der Waals surface area (Å²) in [6.07, 6.45) is 1.59. The van der Waals surface area contributed by atoms with Crippen LogP contribution >= 0.6 is 0 Å². The molecule has 0 aromatic heterocycles. The molecular formula is C25H32N2O5. The van der Waals surface area contributed by atoms with Gasteiger partial charge in [-0.3, -0.25) is 9.59 Å². The molecule has 0 bridgehead atoms. The molecule has 0 radical (unpaired) electrons. The highest BCUT2D eigenvalue weighted by molar-refractivity contribution is 5.98. The van der Waals surface area contributed by atoms with Crippen LogP contribution in [0.3, 0.4) is 0 Å². The normalized spacial score (nSPS) is 12.7. The molecule has 0 heterocycles. The number of nitrogens with one attached hydrogen (secondary N) is 2. The van der Waals surface area contributed by atoms with Crippen LogP contribution in [0.2, 0.25) is 0 Å². The minimum absolute atomic E-state index is 0.158. The van der Waals surface area contributed by atoms with E-state index in [2.05, 4.69) is 10.6 Å². The molecule has 0 aliphatic carbocycles. The van der Waals surface area contributed by atoms with E-state index >= 15 is 0 Å². The van der Waals surface area contributed by atoms with Crippen molar-refractivity contribution in [3.8, 4) is 16.9 Å². The van der Waals surface area contributed by atoms with Gasteiger partial charge >= 0.3 is 5.97 Å². The minimum Gasteiger partial charge on any atom is -0.508 e. The molecule has 7 nitrogen and oxygen atoms in total. The maximum absolute atomic E-state index is 12.9. The SMILES string of the molecule is CCCC(NC(=O)C(CC(C)C)NC(=O)c1ccc(-c2ccc(O)cc2)cc1)C(=O)OC. The van der Waals surface area contributed by atoms with Crippen LogP contribution in [-0.4, -0.2) is 42.1 Å². The van der Waals surface area contributed by atoms with Crippen LogP contribution in [0.1, 0.15) is 50.4 Å². The molecule has 0 fully saturated rings. The van der Waals surface area contributed by atoms with Crippen LogP contribution in [0.4, 0.5) is 0 Å². The van der Waals surface area contributed by atoms with E-state index in [1.54, 1.807) is 36.4 Å². The van der Waals surface area contributed by atoms with E-state index < -0.39 is 24.0 Å². The van der Waals surface area contributed by atoms with Gasteiger partial charge in [0.2, 0.25) is 5.91 Å². The topological polar surface area (TPSA) is 105 Å². The first-order valence-electron chi connectivity index (χ1n) is 10.8. The Morgan fingerprint density at radius 3 is 1.97 bits per heavy atom. The van der Waals surface area contributed by atoms with Crippen molar-refractivity contribution in [1.82, 2.24) is 10.6 Å². The number of phenolic OH excluding ortho intramolecular Hbond substituents is 1. The third kappa shape index (κ3) is 7.11. The van der Waals surface area contributed by atoms with Gasteiger partial charge in [0.25, 0.3) is 5.91 Å². The Balaban J connectivity index is 2.12. The van der Waals surface area contributed by atoms with Gasteiger partial charge in [0.15, 0.2) is 0 Å². The number of esters is 1. The zero-order valence-corrected chi connectivity index (χ0v) is 19.1. The fraction of sp³-hybridized carbons (Fsp3) is 0.400. The number of benzene rings is 2. The number of ether oxygens (including phenoxy) is 1. The number of amides is 2. The van der Waals surface area contributed by atoms with Gasteiger partial charge in [0.1, 0.15) is 17.8 Å². The van der Waals surface area contributed by atoms with Gasteiger partial charge < -0.3 is 20.5 Å². The van der Waals surface area contributed by atoms with Crippen molar-refractivity contribution in [2.45, 2.75) is 52.1 Å². The Morgan fingerprint density at radius 2 is 1.47 bits per heavy atom. The Hall–Kier alpha value is -3.35. The Kier molecular flexibility index (Phi) is 9.25. The van der Waals surface area contributed by atoms with Gasteiger partial charge in [-0.15, -0.1) is 0 Å². The first-order chi connectivity index (χ1) is 15.2. The van der Waals surface area contributed by atoms with E-state index in [1.165, 1.54) is 7.11 Å². The zero-order valence-electron chi connectivity index (χ0n) is 19.1. The molecule has 2 aromatic carbocycles. The summed E-state index contributed by atoms with van der Waals surface area (Å²) in [5, 5.41) is 14.9. The van der Waals surface area contributed by atoms with Crippen LogP contribution in [0.5, 0.6) is 5.75 Å². The largest absolute Gasteiger partial charge is 0.508 e. The average molecular weight is 441 g/mol. The summed E-state index contributed by atoms with van der Waals surface area (Å²) in [6, 6.07) is 12.3. The van der Waals surface area contributed by atoms with Crippen molar-refractivity contribution in [3.05, 3.63) is 54.1 Å². The predicted octanol–water partition coefficient (Wildman–Crippen LogP) is 3.66. The molecule has 0 spiro atoms. The van der Waals surface area contributed by atoms with Crippen LogP contribution in [0, 0.1) is 5.92 Å². The summed E-state index contributed by atoms with van der Waals surface area (Å²) in [7, 11) is 1.28. The average Bonchev–Trinajstić information content (AvgIpc) is 2.78. The molecule has 2 atom stereocenters. The molecule has 0 aliphatic heterocycles. The van der Waals surface area contributed by atoms with Gasteiger partial charge in [0.05, 0.1) is 7.11 Å². The second kappa shape index (κ2) is 11.9. The summed E-state index contributed by atoms with van der Waals surface area (Å²) in [6.45, 7) is 5.84. The van der Waals surface area contributed by atoms with Crippen molar-refractivity contribution in [2.75, 3.05) is 7.11 Å². The van der Waals surface area contributed by atoms with Gasteiger partial charge in [-0.2, -0.15) is 0 Å². The summed E-state index contributed by atoms with van der Waals surface area (Å²) in [5.41, 5.74) is 2.24. The third-order valence-electron chi connectivity index (χ3n) is 5.06. The molecule has 172 valence electrons. The highest BCUT2D eigenvalue weighted by atomic mass is 16.5. The highest BCUT2D eigenvalue weighted by Crippen LogP contribution is 2.22. The van der Waals surface area contributed by atoms with Crippen molar-refractivity contribution in [1.29, 1.82) is 0 Å². The fourth-order valence-corrected chi connectivity index (χ4v) is 3.36. The minimum atomic E-state index is -0.775. The van der Waals surface area contributed by atoms with E-state index in [0.29, 0.717) is 24.8 Å². The van der Waals surface area contributed by atoms with Gasteiger partial charge in [-0.1, -0.05) is 51.5 Å². The standard InChI is InChI=1S/C25H32N2O5/c1-5-6-21(25(31)32-4)26-24(30)22(15-16(2)3)27-23(29)19-9-7-17(8-10-19)18-11-13-20(28)14-12-18/h7-14,16,21-22,28H,5-6,15H2,1-4H3,(H,26,30)(H,27,29). The van der Waals surface area contributed by atoms with Crippen molar-refractivity contribution >= 4 is 17.8 Å². The fourth-order valence-electron chi connectivity index (χ4n) is 3.36. The number of hydrogen-bond donors (Lipinski definition) is 3. The maximum Gasteiger partial charge on any atom is 0.328 e. The molecule has 7 heteroatoms. The van der Waals surface area contributed by atoms with Crippen LogP contribution in [0.15, 0.2) is 48.5 Å². The Bertz CT molecular complexity index is 907. The number of carbonyl (C=O) groups is 3. The number of aromatic hydroxyl groups is 1. The lowest BCUT2D eigenvalue weighted by atomic mass is 10.0. The monoisotopic (exact) mass is 440 g/mol. The molecule has 3 N–H and O–H groups in total. The first-order valence-corrected chi connectivity index (χ1v) is 10.8. The van der Waals surface area contributed by atoms with Gasteiger partial charge in [-0.25, -0.2) is 4.79 Å². The van der Waals surface area contributed by atoms with Crippen molar-refractivity contribution in [3.63, 3.8) is 0 Å². The highest BCUT2D eigenvalue weighted by Gasteiger charge is 2.27. The molecule has 2 unspecified atom stereocenters. The summed E-state index contributed by atoms with van der Waals surface area (Å²) in [4.78, 5) is 37.6. The van der Waals surface area contributed by atoms with E-state index in [1.807, 2.05) is 32.9 Å². The number of hydrogen-bond acceptors (Lipinski definition) is 5.